The molecule has 9 heteroatoms. The van der Waals surface area contributed by atoms with Crippen LogP contribution in [0.3, 0.4) is 0 Å². The number of aromatic nitrogens is 2. The molecule has 2 fully saturated rings. The predicted octanol–water partition coefficient (Wildman–Crippen LogP) is 3.89. The first-order chi connectivity index (χ1) is 16.9. The number of amides is 2. The highest BCUT2D eigenvalue weighted by atomic mass is 32.2. The highest BCUT2D eigenvalue weighted by Gasteiger charge is 2.42. The molecule has 182 valence electrons. The van der Waals surface area contributed by atoms with Gasteiger partial charge >= 0.3 is 0 Å². The lowest BCUT2D eigenvalue weighted by molar-refractivity contribution is -0.128. The van der Waals surface area contributed by atoms with Crippen LogP contribution in [0.4, 0.5) is 0 Å². The Labute approximate surface area is 212 Å². The second-order valence-electron chi connectivity index (χ2n) is 9.39. The van der Waals surface area contributed by atoms with Crippen molar-refractivity contribution in [2.75, 3.05) is 32.4 Å². The maximum absolute atomic E-state index is 13.3. The standard InChI is InChI=1S/C26H28N4O3S2/c1-28-24(33)20-5-4-19(15-21(20)27-25(28)34-2)23(32)30-13-10-26(17-30)8-11-29(12-9-26)22(31)6-3-18-7-14-35-16-18/h3-7,14-16H,8-13,17H2,1-2H3/b6-3+. The fourth-order valence-electron chi connectivity index (χ4n) is 5.11. The van der Waals surface area contributed by atoms with Crippen LogP contribution >= 0.6 is 23.1 Å². The van der Waals surface area contributed by atoms with Crippen molar-refractivity contribution in [1.29, 1.82) is 0 Å². The Morgan fingerprint density at radius 3 is 2.54 bits per heavy atom. The molecule has 7 nitrogen and oxygen atoms in total. The number of piperidine rings is 1. The molecule has 0 aliphatic carbocycles. The Bertz CT molecular complexity index is 1350. The van der Waals surface area contributed by atoms with Crippen molar-refractivity contribution in [2.24, 2.45) is 12.5 Å². The van der Waals surface area contributed by atoms with Gasteiger partial charge < -0.3 is 9.80 Å². The Hall–Kier alpha value is -2.91. The number of rotatable bonds is 4. The topological polar surface area (TPSA) is 75.5 Å². The lowest BCUT2D eigenvalue weighted by Gasteiger charge is -2.39. The van der Waals surface area contributed by atoms with E-state index >= 15 is 0 Å². The summed E-state index contributed by atoms with van der Waals surface area (Å²) in [7, 11) is 1.71. The summed E-state index contributed by atoms with van der Waals surface area (Å²) in [6, 6.07) is 7.18. The number of hydrogen-bond donors (Lipinski definition) is 0. The van der Waals surface area contributed by atoms with E-state index in [1.165, 1.54) is 16.3 Å². The second kappa shape index (κ2) is 9.62. The van der Waals surface area contributed by atoms with Gasteiger partial charge in [-0.25, -0.2) is 4.98 Å². The number of carbonyl (C=O) groups is 2. The summed E-state index contributed by atoms with van der Waals surface area (Å²) in [5, 5.41) is 5.16. The molecule has 2 aliphatic heterocycles. The van der Waals surface area contributed by atoms with E-state index < -0.39 is 0 Å². The van der Waals surface area contributed by atoms with E-state index in [9.17, 15) is 14.4 Å². The van der Waals surface area contributed by atoms with Gasteiger partial charge in [-0.1, -0.05) is 11.8 Å². The number of nitrogens with zero attached hydrogens (tertiary/aromatic N) is 4. The van der Waals surface area contributed by atoms with Crippen molar-refractivity contribution in [3.05, 3.63) is 62.6 Å². The van der Waals surface area contributed by atoms with Crippen LogP contribution in [0.15, 0.2) is 51.1 Å². The van der Waals surface area contributed by atoms with E-state index in [-0.39, 0.29) is 22.8 Å². The first kappa shape index (κ1) is 23.8. The smallest absolute Gasteiger partial charge is 0.261 e. The maximum Gasteiger partial charge on any atom is 0.261 e. The predicted molar refractivity (Wildman–Crippen MR) is 141 cm³/mol. The van der Waals surface area contributed by atoms with Crippen LogP contribution in [-0.4, -0.2) is 63.6 Å². The average Bonchev–Trinajstić information content (AvgIpc) is 3.55. The summed E-state index contributed by atoms with van der Waals surface area (Å²) < 4.78 is 1.54. The van der Waals surface area contributed by atoms with E-state index in [1.54, 1.807) is 42.7 Å². The molecule has 1 spiro atoms. The molecular formula is C26H28N4O3S2. The molecular weight excluding hydrogens is 480 g/mol. The number of hydrogen-bond acceptors (Lipinski definition) is 6. The second-order valence-corrected chi connectivity index (χ2v) is 10.9. The third kappa shape index (κ3) is 4.67. The SMILES string of the molecule is CSc1nc2cc(C(=O)N3CCC4(CCN(C(=O)/C=C/c5ccsc5)CC4)C3)ccc2c(=O)n1C. The molecule has 0 radical (unpaired) electrons. The molecule has 4 heterocycles. The number of thiophene rings is 1. The lowest BCUT2D eigenvalue weighted by Crippen LogP contribution is -2.44. The van der Waals surface area contributed by atoms with E-state index in [2.05, 4.69) is 4.98 Å². The molecule has 2 aromatic heterocycles. The fourth-order valence-corrected chi connectivity index (χ4v) is 6.28. The Morgan fingerprint density at radius 2 is 1.86 bits per heavy atom. The molecule has 3 aromatic rings. The van der Waals surface area contributed by atoms with E-state index in [1.807, 2.05) is 39.0 Å². The lowest BCUT2D eigenvalue weighted by atomic mass is 9.78. The van der Waals surface area contributed by atoms with Crippen LogP contribution in [0.25, 0.3) is 17.0 Å². The zero-order chi connectivity index (χ0) is 24.6. The first-order valence-corrected chi connectivity index (χ1v) is 13.9. The minimum atomic E-state index is -0.107. The van der Waals surface area contributed by atoms with Gasteiger partial charge in [0.05, 0.1) is 10.9 Å². The zero-order valence-corrected chi connectivity index (χ0v) is 21.5. The van der Waals surface area contributed by atoms with Crippen molar-refractivity contribution in [3.8, 4) is 0 Å². The third-order valence-electron chi connectivity index (χ3n) is 7.29. The zero-order valence-electron chi connectivity index (χ0n) is 19.9. The minimum Gasteiger partial charge on any atom is -0.339 e. The van der Waals surface area contributed by atoms with Gasteiger partial charge in [-0.3, -0.25) is 19.0 Å². The van der Waals surface area contributed by atoms with Crippen LogP contribution in [0.5, 0.6) is 0 Å². The Kier molecular flexibility index (Phi) is 6.55. The van der Waals surface area contributed by atoms with Crippen LogP contribution in [0.1, 0.15) is 35.2 Å². The van der Waals surface area contributed by atoms with Gasteiger partial charge in [0.2, 0.25) is 5.91 Å². The molecule has 2 saturated heterocycles. The number of likely N-dealkylation sites (tertiary alicyclic amines) is 2. The highest BCUT2D eigenvalue weighted by Crippen LogP contribution is 2.41. The molecule has 2 amide bonds. The molecule has 0 unspecified atom stereocenters. The number of carbonyl (C=O) groups excluding carboxylic acids is 2. The molecule has 1 aromatic carbocycles. The molecule has 2 aliphatic rings. The van der Waals surface area contributed by atoms with Gasteiger partial charge in [-0.15, -0.1) is 0 Å². The molecule has 0 N–H and O–H groups in total. The van der Waals surface area contributed by atoms with Crippen LogP contribution in [0.2, 0.25) is 0 Å². The quantitative estimate of drug-likeness (QED) is 0.304. The van der Waals surface area contributed by atoms with E-state index in [4.69, 9.17) is 0 Å². The molecule has 0 atom stereocenters. The summed E-state index contributed by atoms with van der Waals surface area (Å²) in [6.07, 6.45) is 8.17. The van der Waals surface area contributed by atoms with Gasteiger partial charge in [-0.2, -0.15) is 11.3 Å². The highest BCUT2D eigenvalue weighted by molar-refractivity contribution is 7.98. The summed E-state index contributed by atoms with van der Waals surface area (Å²) in [5.41, 5.74) is 2.13. The van der Waals surface area contributed by atoms with E-state index in [0.29, 0.717) is 34.7 Å². The van der Waals surface area contributed by atoms with Gasteiger partial charge in [0.15, 0.2) is 5.16 Å². The maximum atomic E-state index is 13.3. The minimum absolute atomic E-state index is 0.0193. The van der Waals surface area contributed by atoms with Crippen molar-refractivity contribution in [1.82, 2.24) is 19.4 Å². The van der Waals surface area contributed by atoms with Crippen molar-refractivity contribution in [3.63, 3.8) is 0 Å². The van der Waals surface area contributed by atoms with Gasteiger partial charge in [-0.05, 0) is 77.6 Å². The van der Waals surface area contributed by atoms with Gasteiger partial charge in [0.25, 0.3) is 11.5 Å². The molecule has 0 saturated carbocycles. The Morgan fingerprint density at radius 1 is 1.11 bits per heavy atom. The summed E-state index contributed by atoms with van der Waals surface area (Å²) in [4.78, 5) is 46.9. The molecule has 35 heavy (non-hydrogen) atoms. The van der Waals surface area contributed by atoms with Crippen molar-refractivity contribution >= 4 is 51.9 Å². The molecule has 5 rings (SSSR count). The van der Waals surface area contributed by atoms with Gasteiger partial charge in [0.1, 0.15) is 0 Å². The Balaban J connectivity index is 1.24. The summed E-state index contributed by atoms with van der Waals surface area (Å²) in [5.74, 6) is 0.0329. The monoisotopic (exact) mass is 508 g/mol. The van der Waals surface area contributed by atoms with Crippen LogP contribution in [0, 0.1) is 5.41 Å². The number of benzene rings is 1. The van der Waals surface area contributed by atoms with Crippen molar-refractivity contribution in [2.45, 2.75) is 24.4 Å². The largest absolute Gasteiger partial charge is 0.339 e. The number of thioether (sulfide) groups is 1. The summed E-state index contributed by atoms with van der Waals surface area (Å²) >= 11 is 3.02. The third-order valence-corrected chi connectivity index (χ3v) is 8.72. The first-order valence-electron chi connectivity index (χ1n) is 11.7. The average molecular weight is 509 g/mol. The van der Waals surface area contributed by atoms with Crippen LogP contribution in [-0.2, 0) is 11.8 Å². The van der Waals surface area contributed by atoms with E-state index in [0.717, 1.165) is 37.9 Å². The summed E-state index contributed by atoms with van der Waals surface area (Å²) in [6.45, 7) is 2.85. The molecule has 0 bridgehead atoms. The number of fused-ring (bicyclic) bond motifs is 1. The normalized spacial score (nSPS) is 17.7. The fraction of sp³-hybridized carbons (Fsp3) is 0.385. The van der Waals surface area contributed by atoms with Gasteiger partial charge in [0, 0.05) is 44.9 Å². The van der Waals surface area contributed by atoms with Crippen molar-refractivity contribution < 1.29 is 9.59 Å². The van der Waals surface area contributed by atoms with Crippen LogP contribution < -0.4 is 5.56 Å².